The van der Waals surface area contributed by atoms with Crippen LogP contribution in [0.1, 0.15) is 55.5 Å². The van der Waals surface area contributed by atoms with Crippen LogP contribution in [0.15, 0.2) is 4.79 Å². The summed E-state index contributed by atoms with van der Waals surface area (Å²) in [5, 5.41) is 6.15. The van der Waals surface area contributed by atoms with Gasteiger partial charge in [-0.05, 0) is 26.3 Å². The first kappa shape index (κ1) is 15.7. The summed E-state index contributed by atoms with van der Waals surface area (Å²) in [6.45, 7) is 9.34. The lowest BCUT2D eigenvalue weighted by molar-refractivity contribution is 0.0927. The molecule has 0 radical (unpaired) electrons. The molecule has 0 bridgehead atoms. The van der Waals surface area contributed by atoms with Crippen molar-refractivity contribution in [2.24, 2.45) is 0 Å². The molecule has 1 aliphatic heterocycles. The first-order valence-corrected chi connectivity index (χ1v) is 7.42. The van der Waals surface area contributed by atoms with Crippen molar-refractivity contribution in [3.05, 3.63) is 27.4 Å². The molecule has 0 spiro atoms. The molecule has 1 fully saturated rings. The number of nitrogens with zero attached hydrogens (tertiary/aromatic N) is 1. The number of hydrogen-bond donors (Lipinski definition) is 3. The Hall–Kier alpha value is -1.69. The highest BCUT2D eigenvalue weighted by Gasteiger charge is 2.24. The Kier molecular flexibility index (Phi) is 4.46. The van der Waals surface area contributed by atoms with Crippen LogP contribution in [0.2, 0.25) is 0 Å². The lowest BCUT2D eigenvalue weighted by atomic mass is 9.95. The number of carbonyl (C=O) groups excluding carboxylic acids is 1. The number of hydrogen-bond acceptors (Lipinski definition) is 4. The van der Waals surface area contributed by atoms with E-state index in [2.05, 4.69) is 20.6 Å². The largest absolute Gasteiger partial charge is 0.348 e. The molecule has 1 atom stereocenters. The number of aryl methyl sites for hydroxylation is 1. The average molecular weight is 292 g/mol. The number of nitrogens with one attached hydrogen (secondary N) is 3. The number of aromatic amines is 1. The fourth-order valence-electron chi connectivity index (χ4n) is 2.44. The zero-order valence-electron chi connectivity index (χ0n) is 13.2. The van der Waals surface area contributed by atoms with Crippen molar-refractivity contribution in [2.45, 2.75) is 52.0 Å². The van der Waals surface area contributed by atoms with Gasteiger partial charge < -0.3 is 15.6 Å². The predicted octanol–water partition coefficient (Wildman–Crippen LogP) is 0.858. The van der Waals surface area contributed by atoms with Crippen LogP contribution in [0.4, 0.5) is 0 Å². The molecule has 6 nitrogen and oxygen atoms in total. The van der Waals surface area contributed by atoms with Crippen molar-refractivity contribution < 1.29 is 4.79 Å². The lowest BCUT2D eigenvalue weighted by Crippen LogP contribution is -2.47. The van der Waals surface area contributed by atoms with Crippen molar-refractivity contribution in [1.82, 2.24) is 20.6 Å². The van der Waals surface area contributed by atoms with Crippen molar-refractivity contribution >= 4 is 5.91 Å². The molecule has 21 heavy (non-hydrogen) atoms. The van der Waals surface area contributed by atoms with Crippen molar-refractivity contribution in [2.75, 3.05) is 13.1 Å². The van der Waals surface area contributed by atoms with E-state index in [0.29, 0.717) is 11.5 Å². The smallest absolute Gasteiger partial charge is 0.264 e. The lowest BCUT2D eigenvalue weighted by Gasteiger charge is -2.24. The molecule has 1 saturated heterocycles. The molecule has 6 heteroatoms. The van der Waals surface area contributed by atoms with Crippen molar-refractivity contribution in [1.29, 1.82) is 0 Å². The predicted molar refractivity (Wildman–Crippen MR) is 81.7 cm³/mol. The van der Waals surface area contributed by atoms with Gasteiger partial charge in [0, 0.05) is 18.0 Å². The molecule has 0 saturated carbocycles. The fourth-order valence-corrected chi connectivity index (χ4v) is 2.44. The SMILES string of the molecule is Cc1nc(C(C)(C)C)[nH]c(=O)c1C(=O)NC1CCCNC1. The Morgan fingerprint density at radius 3 is 2.62 bits per heavy atom. The third-order valence-electron chi connectivity index (χ3n) is 3.67. The van der Waals surface area contributed by atoms with E-state index >= 15 is 0 Å². The molecule has 2 heterocycles. The van der Waals surface area contributed by atoms with E-state index in [-0.39, 0.29) is 28.5 Å². The second-order valence-corrected chi connectivity index (χ2v) is 6.64. The minimum Gasteiger partial charge on any atom is -0.348 e. The van der Waals surface area contributed by atoms with Gasteiger partial charge in [0.1, 0.15) is 11.4 Å². The van der Waals surface area contributed by atoms with Gasteiger partial charge in [0.2, 0.25) is 0 Å². The summed E-state index contributed by atoms with van der Waals surface area (Å²) in [5.74, 6) is 0.260. The molecule has 116 valence electrons. The zero-order chi connectivity index (χ0) is 15.6. The molecule has 3 N–H and O–H groups in total. The van der Waals surface area contributed by atoms with Gasteiger partial charge in [0.15, 0.2) is 0 Å². The van der Waals surface area contributed by atoms with Gasteiger partial charge in [0.05, 0.1) is 5.69 Å². The summed E-state index contributed by atoms with van der Waals surface area (Å²) in [6.07, 6.45) is 1.96. The number of carbonyl (C=O) groups is 1. The monoisotopic (exact) mass is 292 g/mol. The maximum atomic E-state index is 12.3. The molecular formula is C15H24N4O2. The maximum Gasteiger partial charge on any atom is 0.264 e. The third kappa shape index (κ3) is 3.69. The Labute approximate surface area is 124 Å². The number of aromatic nitrogens is 2. The van der Waals surface area contributed by atoms with Crippen LogP contribution in [0, 0.1) is 6.92 Å². The van der Waals surface area contributed by atoms with Gasteiger partial charge >= 0.3 is 0 Å². The summed E-state index contributed by atoms with van der Waals surface area (Å²) >= 11 is 0. The van der Waals surface area contributed by atoms with E-state index in [9.17, 15) is 9.59 Å². The Morgan fingerprint density at radius 1 is 1.38 bits per heavy atom. The van der Waals surface area contributed by atoms with Crippen LogP contribution >= 0.6 is 0 Å². The summed E-state index contributed by atoms with van der Waals surface area (Å²) in [7, 11) is 0. The van der Waals surface area contributed by atoms with E-state index in [0.717, 1.165) is 25.9 Å². The Morgan fingerprint density at radius 2 is 2.10 bits per heavy atom. The first-order chi connectivity index (χ1) is 9.79. The van der Waals surface area contributed by atoms with E-state index < -0.39 is 0 Å². The van der Waals surface area contributed by atoms with Gasteiger partial charge in [-0.15, -0.1) is 0 Å². The minimum absolute atomic E-state index is 0.0762. The van der Waals surface area contributed by atoms with Crippen LogP contribution < -0.4 is 16.2 Å². The van der Waals surface area contributed by atoms with E-state index in [1.54, 1.807) is 6.92 Å². The molecular weight excluding hydrogens is 268 g/mol. The Bertz CT molecular complexity index is 580. The van der Waals surface area contributed by atoms with Gasteiger partial charge in [0.25, 0.3) is 11.5 Å². The fraction of sp³-hybridized carbons (Fsp3) is 0.667. The van der Waals surface area contributed by atoms with E-state index in [4.69, 9.17) is 0 Å². The first-order valence-electron chi connectivity index (χ1n) is 7.42. The molecule has 1 aliphatic rings. The van der Waals surface area contributed by atoms with Crippen LogP contribution in [0.25, 0.3) is 0 Å². The zero-order valence-corrected chi connectivity index (χ0v) is 13.2. The molecule has 2 rings (SSSR count). The highest BCUT2D eigenvalue weighted by Crippen LogP contribution is 2.17. The number of piperidine rings is 1. The Balaban J connectivity index is 2.23. The molecule has 1 amide bonds. The maximum absolute atomic E-state index is 12.3. The van der Waals surface area contributed by atoms with E-state index in [1.807, 2.05) is 20.8 Å². The second kappa shape index (κ2) is 5.97. The molecule has 0 aromatic carbocycles. The summed E-state index contributed by atoms with van der Waals surface area (Å²) in [4.78, 5) is 31.7. The van der Waals surface area contributed by atoms with Crippen molar-refractivity contribution in [3.8, 4) is 0 Å². The molecule has 1 unspecified atom stereocenters. The van der Waals surface area contributed by atoms with Gasteiger partial charge in [-0.25, -0.2) is 4.98 Å². The van der Waals surface area contributed by atoms with Crippen LogP contribution in [0.3, 0.4) is 0 Å². The molecule has 1 aromatic rings. The number of rotatable bonds is 2. The van der Waals surface area contributed by atoms with Gasteiger partial charge in [-0.3, -0.25) is 9.59 Å². The summed E-state index contributed by atoms with van der Waals surface area (Å²) in [6, 6.07) is 0.0762. The van der Waals surface area contributed by atoms with Crippen molar-refractivity contribution in [3.63, 3.8) is 0 Å². The third-order valence-corrected chi connectivity index (χ3v) is 3.67. The number of H-pyrrole nitrogens is 1. The standard InChI is InChI=1S/C15H24N4O2/c1-9-11(12(20)18-10-6-5-7-16-8-10)13(21)19-14(17-9)15(2,3)4/h10,16H,5-8H2,1-4H3,(H,18,20)(H,17,19,21). The summed E-state index contributed by atoms with van der Waals surface area (Å²) < 4.78 is 0. The van der Waals surface area contributed by atoms with Crippen LogP contribution in [0.5, 0.6) is 0 Å². The highest BCUT2D eigenvalue weighted by atomic mass is 16.2. The minimum atomic E-state index is -0.367. The topological polar surface area (TPSA) is 86.9 Å². The highest BCUT2D eigenvalue weighted by molar-refractivity contribution is 5.95. The second-order valence-electron chi connectivity index (χ2n) is 6.64. The van der Waals surface area contributed by atoms with Gasteiger partial charge in [-0.1, -0.05) is 20.8 Å². The average Bonchev–Trinajstić information content (AvgIpc) is 2.37. The molecule has 0 aliphatic carbocycles. The summed E-state index contributed by atoms with van der Waals surface area (Å²) in [5.41, 5.74) is -0.0288. The van der Waals surface area contributed by atoms with Crippen LogP contribution in [-0.2, 0) is 5.41 Å². The molecule has 1 aromatic heterocycles. The normalized spacial score (nSPS) is 19.3. The van der Waals surface area contributed by atoms with E-state index in [1.165, 1.54) is 0 Å². The number of amides is 1. The van der Waals surface area contributed by atoms with Crippen LogP contribution in [-0.4, -0.2) is 35.0 Å². The quantitative estimate of drug-likeness (QED) is 0.754. The van der Waals surface area contributed by atoms with Gasteiger partial charge in [-0.2, -0.15) is 0 Å².